The van der Waals surface area contributed by atoms with Gasteiger partial charge in [-0.15, -0.1) is 11.3 Å². The van der Waals surface area contributed by atoms with Gasteiger partial charge in [0.1, 0.15) is 12.1 Å². The fraction of sp³-hybridized carbons (Fsp3) is 0.280. The molecule has 5 rings (SSSR count). The van der Waals surface area contributed by atoms with Gasteiger partial charge in [-0.25, -0.2) is 9.78 Å². The summed E-state index contributed by atoms with van der Waals surface area (Å²) in [4.78, 5) is 43.6. The van der Waals surface area contributed by atoms with Crippen LogP contribution in [0.2, 0.25) is 0 Å². The summed E-state index contributed by atoms with van der Waals surface area (Å²) in [5.74, 6) is -0.926. The van der Waals surface area contributed by atoms with Crippen molar-refractivity contribution in [3.63, 3.8) is 0 Å². The second-order valence-corrected chi connectivity index (χ2v) is 9.45. The van der Waals surface area contributed by atoms with Crippen LogP contribution in [0, 0.1) is 0 Å². The van der Waals surface area contributed by atoms with Crippen LogP contribution in [-0.4, -0.2) is 34.3 Å². The number of nitrogens with zero attached hydrogens (tertiary/aromatic N) is 2. The lowest BCUT2D eigenvalue weighted by Gasteiger charge is -2.21. The first-order chi connectivity index (χ1) is 15.9. The standard InChI is InChI=1S/C25H24N4O3S/c1-25(19-9-3-2-4-10-19)22(31)29(24(32)28-25)14-21(30)27-23-26-20(15-33-23)18-12-11-16-7-5-6-8-17(16)13-18/h2-4,9-13,15H,5-8,14H2,1H3,(H,28,32)(H,26,27,30)/t25-/m1/s1. The molecule has 0 saturated carbocycles. The van der Waals surface area contributed by atoms with Crippen molar-refractivity contribution in [2.24, 2.45) is 0 Å². The number of carbonyl (C=O) groups excluding carboxylic acids is 3. The lowest BCUT2D eigenvalue weighted by Crippen LogP contribution is -2.42. The van der Waals surface area contributed by atoms with Gasteiger partial charge in [0.25, 0.3) is 5.91 Å². The smallest absolute Gasteiger partial charge is 0.319 e. The molecule has 2 aliphatic rings. The number of nitrogens with one attached hydrogen (secondary N) is 2. The first-order valence-electron chi connectivity index (χ1n) is 11.0. The predicted molar refractivity (Wildman–Crippen MR) is 127 cm³/mol. The molecular formula is C25H24N4O3S. The average Bonchev–Trinajstić information content (AvgIpc) is 3.38. The summed E-state index contributed by atoms with van der Waals surface area (Å²) in [5, 5.41) is 7.77. The molecule has 0 unspecified atom stereocenters. The molecule has 8 heteroatoms. The normalized spacial score (nSPS) is 19.8. The van der Waals surface area contributed by atoms with Gasteiger partial charge in [0.15, 0.2) is 5.13 Å². The highest BCUT2D eigenvalue weighted by Crippen LogP contribution is 2.31. The zero-order valence-corrected chi connectivity index (χ0v) is 19.1. The average molecular weight is 461 g/mol. The van der Waals surface area contributed by atoms with Crippen LogP contribution in [0.1, 0.15) is 36.5 Å². The Kier molecular flexibility index (Phi) is 5.46. The number of hydrogen-bond acceptors (Lipinski definition) is 5. The Bertz CT molecular complexity index is 1240. The highest BCUT2D eigenvalue weighted by molar-refractivity contribution is 7.14. The molecule has 7 nitrogen and oxygen atoms in total. The van der Waals surface area contributed by atoms with E-state index in [4.69, 9.17) is 0 Å². The number of hydrogen-bond donors (Lipinski definition) is 2. The number of thiazole rings is 1. The van der Waals surface area contributed by atoms with Crippen LogP contribution in [0.25, 0.3) is 11.3 Å². The Morgan fingerprint density at radius 2 is 1.88 bits per heavy atom. The van der Waals surface area contributed by atoms with Crippen LogP contribution in [0.3, 0.4) is 0 Å². The van der Waals surface area contributed by atoms with E-state index in [1.807, 2.05) is 11.4 Å². The Balaban J connectivity index is 1.26. The Morgan fingerprint density at radius 3 is 2.67 bits per heavy atom. The maximum absolute atomic E-state index is 13.0. The Labute approximate surface area is 195 Å². The number of anilines is 1. The molecule has 168 valence electrons. The molecule has 0 bridgehead atoms. The van der Waals surface area contributed by atoms with Crippen LogP contribution in [0.15, 0.2) is 53.9 Å². The third-order valence-corrected chi connectivity index (χ3v) is 7.08. The van der Waals surface area contributed by atoms with E-state index in [0.717, 1.165) is 29.0 Å². The lowest BCUT2D eigenvalue weighted by molar-refractivity contribution is -0.133. The molecule has 2 aromatic carbocycles. The molecular weight excluding hydrogens is 436 g/mol. The van der Waals surface area contributed by atoms with Crippen LogP contribution >= 0.6 is 11.3 Å². The summed E-state index contributed by atoms with van der Waals surface area (Å²) in [6, 6.07) is 14.8. The van der Waals surface area contributed by atoms with Crippen molar-refractivity contribution in [3.8, 4) is 11.3 Å². The number of aromatic nitrogens is 1. The fourth-order valence-corrected chi connectivity index (χ4v) is 5.20. The van der Waals surface area contributed by atoms with Gasteiger partial charge in [0.2, 0.25) is 5.91 Å². The van der Waals surface area contributed by atoms with E-state index in [-0.39, 0.29) is 6.54 Å². The summed E-state index contributed by atoms with van der Waals surface area (Å²) in [6.45, 7) is 1.27. The van der Waals surface area contributed by atoms with E-state index >= 15 is 0 Å². The molecule has 33 heavy (non-hydrogen) atoms. The molecule has 1 aliphatic heterocycles. The first-order valence-corrected chi connectivity index (χ1v) is 11.9. The number of aryl methyl sites for hydroxylation is 2. The third-order valence-electron chi connectivity index (χ3n) is 6.32. The van der Waals surface area contributed by atoms with Crippen molar-refractivity contribution >= 4 is 34.3 Å². The molecule has 1 atom stereocenters. The minimum atomic E-state index is -1.20. The largest absolute Gasteiger partial charge is 0.325 e. The van der Waals surface area contributed by atoms with Crippen LogP contribution in [-0.2, 0) is 28.0 Å². The number of fused-ring (bicyclic) bond motifs is 1. The van der Waals surface area contributed by atoms with Crippen molar-refractivity contribution < 1.29 is 14.4 Å². The Morgan fingerprint density at radius 1 is 1.12 bits per heavy atom. The maximum Gasteiger partial charge on any atom is 0.325 e. The summed E-state index contributed by atoms with van der Waals surface area (Å²) in [5.41, 5.74) is 4.08. The molecule has 1 aliphatic carbocycles. The van der Waals surface area contributed by atoms with Crippen molar-refractivity contribution in [1.82, 2.24) is 15.2 Å². The summed E-state index contributed by atoms with van der Waals surface area (Å²) in [7, 11) is 0. The first kappa shape index (κ1) is 21.3. The number of benzene rings is 2. The molecule has 0 spiro atoms. The second kappa shape index (κ2) is 8.44. The van der Waals surface area contributed by atoms with Gasteiger partial charge in [-0.2, -0.15) is 0 Å². The predicted octanol–water partition coefficient (Wildman–Crippen LogP) is 4.09. The van der Waals surface area contributed by atoms with Crippen LogP contribution in [0.5, 0.6) is 0 Å². The zero-order chi connectivity index (χ0) is 23.0. The van der Waals surface area contributed by atoms with Crippen molar-refractivity contribution in [1.29, 1.82) is 0 Å². The van der Waals surface area contributed by atoms with E-state index in [1.54, 1.807) is 31.2 Å². The zero-order valence-electron chi connectivity index (χ0n) is 18.3. The molecule has 2 heterocycles. The fourth-order valence-electron chi connectivity index (χ4n) is 4.47. The molecule has 1 fully saturated rings. The number of amides is 4. The minimum Gasteiger partial charge on any atom is -0.319 e. The highest BCUT2D eigenvalue weighted by Gasteiger charge is 2.49. The van der Waals surface area contributed by atoms with E-state index in [1.165, 1.54) is 35.3 Å². The van der Waals surface area contributed by atoms with Crippen LogP contribution in [0.4, 0.5) is 9.93 Å². The Hall–Kier alpha value is -3.52. The van der Waals surface area contributed by atoms with Gasteiger partial charge in [0, 0.05) is 10.9 Å². The lowest BCUT2D eigenvalue weighted by atomic mass is 9.90. The van der Waals surface area contributed by atoms with Crippen molar-refractivity contribution in [3.05, 3.63) is 70.6 Å². The van der Waals surface area contributed by atoms with Crippen LogP contribution < -0.4 is 10.6 Å². The molecule has 0 radical (unpaired) electrons. The SMILES string of the molecule is C[C@]1(c2ccccc2)NC(=O)N(CC(=O)Nc2nc(-c3ccc4c(c3)CCCC4)cs2)C1=O. The molecule has 1 aromatic heterocycles. The van der Waals surface area contributed by atoms with E-state index in [0.29, 0.717) is 10.7 Å². The molecule has 3 aromatic rings. The van der Waals surface area contributed by atoms with E-state index < -0.39 is 23.4 Å². The number of rotatable bonds is 5. The van der Waals surface area contributed by atoms with Gasteiger partial charge in [-0.3, -0.25) is 14.5 Å². The molecule has 1 saturated heterocycles. The van der Waals surface area contributed by atoms with E-state index in [9.17, 15) is 14.4 Å². The summed E-state index contributed by atoms with van der Waals surface area (Å²) >= 11 is 1.32. The van der Waals surface area contributed by atoms with Gasteiger partial charge in [0.05, 0.1) is 5.69 Å². The van der Waals surface area contributed by atoms with Crippen molar-refractivity contribution in [2.75, 3.05) is 11.9 Å². The van der Waals surface area contributed by atoms with Gasteiger partial charge < -0.3 is 10.6 Å². The third kappa shape index (κ3) is 4.02. The summed E-state index contributed by atoms with van der Waals surface area (Å²) in [6.07, 6.45) is 4.66. The number of imide groups is 1. The molecule has 4 amide bonds. The number of carbonyl (C=O) groups is 3. The topological polar surface area (TPSA) is 91.4 Å². The molecule has 2 N–H and O–H groups in total. The van der Waals surface area contributed by atoms with Gasteiger partial charge in [-0.1, -0.05) is 42.5 Å². The summed E-state index contributed by atoms with van der Waals surface area (Å²) < 4.78 is 0. The van der Waals surface area contributed by atoms with Gasteiger partial charge in [-0.05, 0) is 55.4 Å². The highest BCUT2D eigenvalue weighted by atomic mass is 32.1. The monoisotopic (exact) mass is 460 g/mol. The van der Waals surface area contributed by atoms with Crippen molar-refractivity contribution in [2.45, 2.75) is 38.1 Å². The maximum atomic E-state index is 13.0. The second-order valence-electron chi connectivity index (χ2n) is 8.59. The minimum absolute atomic E-state index is 0.374. The number of urea groups is 1. The van der Waals surface area contributed by atoms with Gasteiger partial charge >= 0.3 is 6.03 Å². The quantitative estimate of drug-likeness (QED) is 0.561. The van der Waals surface area contributed by atoms with E-state index in [2.05, 4.69) is 33.8 Å².